The zero-order chi connectivity index (χ0) is 13.1. The second-order valence-electron chi connectivity index (χ2n) is 5.26. The van der Waals surface area contributed by atoms with Gasteiger partial charge >= 0.3 is 0 Å². The van der Waals surface area contributed by atoms with Crippen LogP contribution in [0.2, 0.25) is 0 Å². The normalized spacial score (nSPS) is 34.9. The fraction of sp³-hybridized carbons (Fsp3) is 0.923. The summed E-state index contributed by atoms with van der Waals surface area (Å²) in [5.41, 5.74) is 0. The number of hydrogen-bond donors (Lipinski definition) is 1. The van der Waals surface area contributed by atoms with Crippen LogP contribution in [-0.2, 0) is 14.3 Å². The Hall–Kier alpha value is -0.650. The number of amides is 1. The van der Waals surface area contributed by atoms with Gasteiger partial charge in [-0.2, -0.15) is 0 Å². The highest BCUT2D eigenvalue weighted by atomic mass is 16.6. The average molecular weight is 256 g/mol. The second kappa shape index (κ2) is 5.99. The molecule has 5 heteroatoms. The summed E-state index contributed by atoms with van der Waals surface area (Å²) in [6, 6.07) is -0.0468. The van der Waals surface area contributed by atoms with Gasteiger partial charge in [-0.1, -0.05) is 20.3 Å². The van der Waals surface area contributed by atoms with Gasteiger partial charge < -0.3 is 14.4 Å². The molecule has 0 spiro atoms. The van der Waals surface area contributed by atoms with Crippen molar-refractivity contribution in [1.29, 1.82) is 0 Å². The third kappa shape index (κ3) is 2.84. The molecule has 2 aliphatic rings. The summed E-state index contributed by atoms with van der Waals surface area (Å²) in [5.74, 6) is 0.569. The predicted octanol–water partition coefficient (Wildman–Crippen LogP) is 0.594. The van der Waals surface area contributed by atoms with Gasteiger partial charge in [-0.05, 0) is 12.8 Å². The van der Waals surface area contributed by atoms with Crippen LogP contribution in [0, 0.1) is 5.92 Å². The van der Waals surface area contributed by atoms with Crippen molar-refractivity contribution in [2.75, 3.05) is 26.4 Å². The van der Waals surface area contributed by atoms with Gasteiger partial charge in [0.05, 0.1) is 44.7 Å². The van der Waals surface area contributed by atoms with E-state index >= 15 is 0 Å². The van der Waals surface area contributed by atoms with Crippen LogP contribution in [0.5, 0.6) is 0 Å². The molecule has 1 amide bonds. The Balaban J connectivity index is 1.93. The number of nitrogens with one attached hydrogen (secondary N) is 1. The molecule has 2 heterocycles. The molecule has 0 aromatic carbocycles. The second-order valence-corrected chi connectivity index (χ2v) is 5.26. The molecule has 2 saturated heterocycles. The van der Waals surface area contributed by atoms with Crippen LogP contribution in [-0.4, -0.2) is 55.5 Å². The van der Waals surface area contributed by atoms with Crippen LogP contribution in [0.4, 0.5) is 0 Å². The Kier molecular flexibility index (Phi) is 4.59. The van der Waals surface area contributed by atoms with Gasteiger partial charge in [0.1, 0.15) is 0 Å². The van der Waals surface area contributed by atoms with E-state index in [0.717, 1.165) is 6.42 Å². The number of carbonyl (C=O) groups excluding carboxylic acids is 1. The van der Waals surface area contributed by atoms with Gasteiger partial charge in [-0.15, -0.1) is 0 Å². The summed E-state index contributed by atoms with van der Waals surface area (Å²) in [7, 11) is 0. The first-order chi connectivity index (χ1) is 8.63. The molecular formula is C13H24N2O3. The van der Waals surface area contributed by atoms with Gasteiger partial charge in [0.15, 0.2) is 0 Å². The largest absolute Gasteiger partial charge is 0.376 e. The highest BCUT2D eigenvalue weighted by molar-refractivity contribution is 5.84. The highest BCUT2D eigenvalue weighted by Gasteiger charge is 2.39. The summed E-state index contributed by atoms with van der Waals surface area (Å²) in [6.07, 6.45) is 1.11. The summed E-state index contributed by atoms with van der Waals surface area (Å²) in [6.45, 7) is 8.77. The Labute approximate surface area is 109 Å². The zero-order valence-electron chi connectivity index (χ0n) is 11.5. The van der Waals surface area contributed by atoms with Gasteiger partial charge in [0, 0.05) is 0 Å². The van der Waals surface area contributed by atoms with E-state index in [1.807, 2.05) is 11.8 Å². The summed E-state index contributed by atoms with van der Waals surface area (Å²) >= 11 is 0. The molecule has 0 aliphatic carbocycles. The summed E-state index contributed by atoms with van der Waals surface area (Å²) in [4.78, 5) is 14.2. The van der Waals surface area contributed by atoms with Crippen LogP contribution in [0.3, 0.4) is 0 Å². The standard InChI is InChI=1S/C13H24N2O3/c1-4-9(2)12-13(16)15(10(3)14-12)7-11-8-17-5-6-18-11/h9-12,14H,4-8H2,1-3H3. The topological polar surface area (TPSA) is 50.8 Å². The third-order valence-electron chi connectivity index (χ3n) is 3.94. The van der Waals surface area contributed by atoms with Crippen molar-refractivity contribution in [1.82, 2.24) is 10.2 Å². The van der Waals surface area contributed by atoms with Gasteiger partial charge in [0.2, 0.25) is 5.91 Å². The Morgan fingerprint density at radius 1 is 1.50 bits per heavy atom. The lowest BCUT2D eigenvalue weighted by molar-refractivity contribution is -0.137. The van der Waals surface area contributed by atoms with Crippen LogP contribution < -0.4 is 5.32 Å². The average Bonchev–Trinajstić information content (AvgIpc) is 2.67. The maximum Gasteiger partial charge on any atom is 0.241 e. The van der Waals surface area contributed by atoms with E-state index in [9.17, 15) is 4.79 Å². The number of hydrogen-bond acceptors (Lipinski definition) is 4. The van der Waals surface area contributed by atoms with Gasteiger partial charge in [-0.3, -0.25) is 10.1 Å². The number of nitrogens with zero attached hydrogens (tertiary/aromatic N) is 1. The minimum absolute atomic E-state index is 0.0163. The zero-order valence-corrected chi connectivity index (χ0v) is 11.5. The number of rotatable bonds is 4. The molecular weight excluding hydrogens is 232 g/mol. The maximum absolute atomic E-state index is 12.4. The molecule has 1 N–H and O–H groups in total. The fourth-order valence-corrected chi connectivity index (χ4v) is 2.54. The van der Waals surface area contributed by atoms with Crippen LogP contribution >= 0.6 is 0 Å². The molecule has 18 heavy (non-hydrogen) atoms. The highest BCUT2D eigenvalue weighted by Crippen LogP contribution is 2.20. The summed E-state index contributed by atoms with van der Waals surface area (Å²) < 4.78 is 11.0. The summed E-state index contributed by atoms with van der Waals surface area (Å²) in [5, 5.41) is 3.37. The molecule has 0 aromatic heterocycles. The lowest BCUT2D eigenvalue weighted by atomic mass is 9.99. The number of ether oxygens (including phenoxy) is 2. The molecule has 5 nitrogen and oxygen atoms in total. The first-order valence-electron chi connectivity index (χ1n) is 6.89. The molecule has 0 radical (unpaired) electrons. The lowest BCUT2D eigenvalue weighted by Crippen LogP contribution is -2.44. The van der Waals surface area contributed by atoms with Crippen molar-refractivity contribution in [2.24, 2.45) is 5.92 Å². The van der Waals surface area contributed by atoms with Crippen molar-refractivity contribution in [3.05, 3.63) is 0 Å². The minimum Gasteiger partial charge on any atom is -0.376 e. The van der Waals surface area contributed by atoms with E-state index in [0.29, 0.717) is 32.3 Å². The first-order valence-corrected chi connectivity index (χ1v) is 6.89. The van der Waals surface area contributed by atoms with Crippen molar-refractivity contribution in [2.45, 2.75) is 45.5 Å². The monoisotopic (exact) mass is 256 g/mol. The molecule has 4 atom stereocenters. The van der Waals surface area contributed by atoms with Crippen molar-refractivity contribution >= 4 is 5.91 Å². The quantitative estimate of drug-likeness (QED) is 0.800. The predicted molar refractivity (Wildman–Crippen MR) is 68.1 cm³/mol. The Morgan fingerprint density at radius 3 is 2.89 bits per heavy atom. The lowest BCUT2D eigenvalue weighted by Gasteiger charge is -2.29. The van der Waals surface area contributed by atoms with E-state index in [-0.39, 0.29) is 24.2 Å². The molecule has 2 fully saturated rings. The molecule has 104 valence electrons. The van der Waals surface area contributed by atoms with Gasteiger partial charge in [0.25, 0.3) is 0 Å². The molecule has 2 rings (SSSR count). The maximum atomic E-state index is 12.4. The number of carbonyl (C=O) groups is 1. The van der Waals surface area contributed by atoms with Crippen molar-refractivity contribution in [3.8, 4) is 0 Å². The minimum atomic E-state index is -0.0468. The molecule has 0 aromatic rings. The van der Waals surface area contributed by atoms with E-state index in [1.54, 1.807) is 0 Å². The van der Waals surface area contributed by atoms with E-state index < -0.39 is 0 Å². The first kappa shape index (κ1) is 13.8. The SMILES string of the molecule is CCC(C)C1NC(C)N(CC2COCCO2)C1=O. The van der Waals surface area contributed by atoms with E-state index in [4.69, 9.17) is 9.47 Å². The van der Waals surface area contributed by atoms with Crippen LogP contribution in [0.1, 0.15) is 27.2 Å². The molecule has 0 saturated carbocycles. The van der Waals surface area contributed by atoms with Crippen molar-refractivity contribution < 1.29 is 14.3 Å². The van der Waals surface area contributed by atoms with E-state index in [1.165, 1.54) is 0 Å². The fourth-order valence-electron chi connectivity index (χ4n) is 2.54. The van der Waals surface area contributed by atoms with Crippen LogP contribution in [0.15, 0.2) is 0 Å². The smallest absolute Gasteiger partial charge is 0.241 e. The Bertz CT molecular complexity index is 292. The van der Waals surface area contributed by atoms with Crippen LogP contribution in [0.25, 0.3) is 0 Å². The molecule has 0 bridgehead atoms. The third-order valence-corrected chi connectivity index (χ3v) is 3.94. The molecule has 2 aliphatic heterocycles. The van der Waals surface area contributed by atoms with Gasteiger partial charge in [-0.25, -0.2) is 0 Å². The Morgan fingerprint density at radius 2 is 2.28 bits per heavy atom. The molecule has 4 unspecified atom stereocenters. The van der Waals surface area contributed by atoms with Crippen molar-refractivity contribution in [3.63, 3.8) is 0 Å². The van der Waals surface area contributed by atoms with E-state index in [2.05, 4.69) is 19.2 Å².